The molecule has 0 saturated carbocycles. The number of nitrogens with one attached hydrogen (secondary N) is 1. The van der Waals surface area contributed by atoms with E-state index in [0.29, 0.717) is 11.3 Å². The summed E-state index contributed by atoms with van der Waals surface area (Å²) >= 11 is 1.05. The predicted octanol–water partition coefficient (Wildman–Crippen LogP) is 3.69. The molecule has 0 aliphatic carbocycles. The Morgan fingerprint density at radius 2 is 1.81 bits per heavy atom. The van der Waals surface area contributed by atoms with Crippen molar-refractivity contribution in [1.82, 2.24) is 0 Å². The van der Waals surface area contributed by atoms with Crippen molar-refractivity contribution in [3.05, 3.63) is 52.6 Å². The number of hydrogen-bond acceptors (Lipinski definition) is 6. The highest BCUT2D eigenvalue weighted by molar-refractivity contribution is 8.03. The number of benzene rings is 2. The van der Waals surface area contributed by atoms with Crippen molar-refractivity contribution in [2.24, 2.45) is 0 Å². The van der Waals surface area contributed by atoms with E-state index in [-0.39, 0.29) is 11.3 Å². The molecular formula is C19H18N2O4S. The van der Waals surface area contributed by atoms with Gasteiger partial charge in [-0.05, 0) is 73.5 Å². The Hall–Kier alpha value is -2.98. The molecule has 1 amide bonds. The maximum atomic E-state index is 12.1. The molecule has 0 atom stereocenters. The highest BCUT2D eigenvalue weighted by Crippen LogP contribution is 2.27. The summed E-state index contributed by atoms with van der Waals surface area (Å²) in [6.45, 7) is 4.92. The second kappa shape index (κ2) is 8.41. The average molecular weight is 370 g/mol. The van der Waals surface area contributed by atoms with Crippen LogP contribution in [0.3, 0.4) is 0 Å². The van der Waals surface area contributed by atoms with Crippen LogP contribution in [-0.4, -0.2) is 23.6 Å². The number of thiocyanates is 1. The first-order valence-corrected chi connectivity index (χ1v) is 8.57. The number of aromatic hydroxyl groups is 1. The molecule has 0 saturated heterocycles. The molecule has 6 nitrogen and oxygen atoms in total. The summed E-state index contributed by atoms with van der Waals surface area (Å²) in [6, 6.07) is 8.03. The molecule has 2 N–H and O–H groups in total. The lowest BCUT2D eigenvalue weighted by Gasteiger charge is -2.13. The summed E-state index contributed by atoms with van der Waals surface area (Å²) in [5.41, 5.74) is 3.06. The Morgan fingerprint density at radius 3 is 2.38 bits per heavy atom. The van der Waals surface area contributed by atoms with Crippen molar-refractivity contribution < 1.29 is 19.4 Å². The van der Waals surface area contributed by atoms with Crippen LogP contribution in [0.15, 0.2) is 35.2 Å². The first-order chi connectivity index (χ1) is 12.3. The summed E-state index contributed by atoms with van der Waals surface area (Å²) in [6.07, 6.45) is 0. The predicted molar refractivity (Wildman–Crippen MR) is 99.1 cm³/mol. The van der Waals surface area contributed by atoms with Gasteiger partial charge < -0.3 is 15.2 Å². The second-order valence-electron chi connectivity index (χ2n) is 5.75. The maximum absolute atomic E-state index is 12.1. The Morgan fingerprint density at radius 1 is 1.15 bits per heavy atom. The number of carbonyl (C=O) groups excluding carboxylic acids is 2. The van der Waals surface area contributed by atoms with Gasteiger partial charge in [-0.25, -0.2) is 4.79 Å². The number of phenols is 1. The second-order valence-corrected chi connectivity index (χ2v) is 6.61. The summed E-state index contributed by atoms with van der Waals surface area (Å²) in [4.78, 5) is 24.9. The standard InChI is InChI=1S/C19H18N2O4S/c1-11-4-5-14(8-16(11)22)19(24)25-9-17(23)21-18-12(2)6-15(26-10-20)7-13(18)3/h4-8,22H,9H2,1-3H3,(H,21,23). The van der Waals surface area contributed by atoms with Crippen LogP contribution in [0.2, 0.25) is 0 Å². The number of anilines is 1. The molecule has 2 rings (SSSR count). The number of carbonyl (C=O) groups is 2. The van der Waals surface area contributed by atoms with E-state index >= 15 is 0 Å². The van der Waals surface area contributed by atoms with Gasteiger partial charge in [-0.15, -0.1) is 0 Å². The molecule has 0 bridgehead atoms. The molecule has 0 unspecified atom stereocenters. The van der Waals surface area contributed by atoms with Gasteiger partial charge in [-0.2, -0.15) is 5.26 Å². The number of aryl methyl sites for hydroxylation is 3. The van der Waals surface area contributed by atoms with Crippen LogP contribution in [0.5, 0.6) is 5.75 Å². The average Bonchev–Trinajstić information content (AvgIpc) is 2.58. The molecule has 2 aromatic carbocycles. The van der Waals surface area contributed by atoms with Gasteiger partial charge in [0.15, 0.2) is 6.61 Å². The number of phenolic OH excluding ortho intramolecular Hbond substituents is 1. The van der Waals surface area contributed by atoms with Crippen molar-refractivity contribution in [3.63, 3.8) is 0 Å². The van der Waals surface area contributed by atoms with Crippen LogP contribution in [-0.2, 0) is 9.53 Å². The molecule has 26 heavy (non-hydrogen) atoms. The third kappa shape index (κ3) is 4.77. The highest BCUT2D eigenvalue weighted by atomic mass is 32.2. The van der Waals surface area contributed by atoms with Crippen LogP contribution in [0, 0.1) is 31.4 Å². The van der Waals surface area contributed by atoms with E-state index in [2.05, 4.69) is 5.32 Å². The SMILES string of the molecule is Cc1ccc(C(=O)OCC(=O)Nc2c(C)cc(SC#N)cc2C)cc1O. The van der Waals surface area contributed by atoms with Crippen molar-refractivity contribution in [3.8, 4) is 11.2 Å². The number of nitrogens with zero attached hydrogens (tertiary/aromatic N) is 1. The summed E-state index contributed by atoms with van der Waals surface area (Å²) in [5, 5.41) is 23.1. The fourth-order valence-electron chi connectivity index (χ4n) is 2.36. The number of rotatable bonds is 5. The minimum Gasteiger partial charge on any atom is -0.508 e. The Bertz CT molecular complexity index is 880. The van der Waals surface area contributed by atoms with Gasteiger partial charge in [0.2, 0.25) is 0 Å². The lowest BCUT2D eigenvalue weighted by atomic mass is 10.1. The Balaban J connectivity index is 2.00. The van der Waals surface area contributed by atoms with Gasteiger partial charge in [0.05, 0.1) is 5.56 Å². The molecule has 7 heteroatoms. The number of hydrogen-bond donors (Lipinski definition) is 2. The van der Waals surface area contributed by atoms with Gasteiger partial charge in [-0.1, -0.05) is 6.07 Å². The smallest absolute Gasteiger partial charge is 0.338 e. The quantitative estimate of drug-likeness (QED) is 0.473. The fourth-order valence-corrected chi connectivity index (χ4v) is 2.94. The zero-order valence-corrected chi connectivity index (χ0v) is 15.4. The van der Waals surface area contributed by atoms with Crippen molar-refractivity contribution in [1.29, 1.82) is 5.26 Å². The zero-order chi connectivity index (χ0) is 19.3. The number of ether oxygens (including phenoxy) is 1. The van der Waals surface area contributed by atoms with E-state index < -0.39 is 18.5 Å². The van der Waals surface area contributed by atoms with E-state index in [0.717, 1.165) is 27.8 Å². The van der Waals surface area contributed by atoms with Crippen LogP contribution in [0.25, 0.3) is 0 Å². The molecular weight excluding hydrogens is 352 g/mol. The highest BCUT2D eigenvalue weighted by Gasteiger charge is 2.14. The molecule has 0 aliphatic rings. The number of amides is 1. The normalized spacial score (nSPS) is 10.1. The third-order valence-electron chi connectivity index (χ3n) is 3.71. The Kier molecular flexibility index (Phi) is 6.26. The van der Waals surface area contributed by atoms with Gasteiger partial charge in [-0.3, -0.25) is 4.79 Å². The summed E-state index contributed by atoms with van der Waals surface area (Å²) < 4.78 is 4.99. The van der Waals surface area contributed by atoms with Crippen LogP contribution in [0.1, 0.15) is 27.0 Å². The van der Waals surface area contributed by atoms with Gasteiger partial charge in [0, 0.05) is 10.6 Å². The van der Waals surface area contributed by atoms with E-state index in [4.69, 9.17) is 10.00 Å². The molecule has 134 valence electrons. The van der Waals surface area contributed by atoms with E-state index in [1.165, 1.54) is 12.1 Å². The minimum absolute atomic E-state index is 0.00882. The molecule has 0 aliphatic heterocycles. The molecule has 0 radical (unpaired) electrons. The van der Waals surface area contributed by atoms with E-state index in [9.17, 15) is 14.7 Å². The fraction of sp³-hybridized carbons (Fsp3) is 0.211. The molecule has 0 heterocycles. The molecule has 0 aromatic heterocycles. The van der Waals surface area contributed by atoms with Crippen LogP contribution < -0.4 is 5.32 Å². The molecule has 0 fully saturated rings. The first-order valence-electron chi connectivity index (χ1n) is 7.75. The van der Waals surface area contributed by atoms with Gasteiger partial charge >= 0.3 is 5.97 Å². The number of esters is 1. The lowest BCUT2D eigenvalue weighted by Crippen LogP contribution is -2.22. The molecule has 2 aromatic rings. The summed E-state index contributed by atoms with van der Waals surface area (Å²) in [7, 11) is 0. The number of thioether (sulfide) groups is 1. The lowest BCUT2D eigenvalue weighted by molar-refractivity contribution is -0.119. The topological polar surface area (TPSA) is 99.4 Å². The van der Waals surface area contributed by atoms with Gasteiger partial charge in [0.25, 0.3) is 5.91 Å². The van der Waals surface area contributed by atoms with Gasteiger partial charge in [0.1, 0.15) is 11.2 Å². The first kappa shape index (κ1) is 19.3. The van der Waals surface area contributed by atoms with E-state index in [1.807, 2.05) is 19.2 Å². The zero-order valence-electron chi connectivity index (χ0n) is 14.6. The third-order valence-corrected chi connectivity index (χ3v) is 4.28. The maximum Gasteiger partial charge on any atom is 0.338 e. The number of nitriles is 1. The monoisotopic (exact) mass is 370 g/mol. The minimum atomic E-state index is -0.690. The van der Waals surface area contributed by atoms with Crippen molar-refractivity contribution >= 4 is 29.3 Å². The molecule has 0 spiro atoms. The van der Waals surface area contributed by atoms with Crippen LogP contribution >= 0.6 is 11.8 Å². The van der Waals surface area contributed by atoms with E-state index in [1.54, 1.807) is 25.1 Å². The van der Waals surface area contributed by atoms with Crippen molar-refractivity contribution in [2.45, 2.75) is 25.7 Å². The van der Waals surface area contributed by atoms with Crippen molar-refractivity contribution in [2.75, 3.05) is 11.9 Å². The van der Waals surface area contributed by atoms with Crippen LogP contribution in [0.4, 0.5) is 5.69 Å². The largest absolute Gasteiger partial charge is 0.508 e. The summed E-state index contributed by atoms with van der Waals surface area (Å²) in [5.74, 6) is -1.17. The Labute approximate surface area is 155 Å².